The third-order valence-corrected chi connectivity index (χ3v) is 4.26. The van der Waals surface area contributed by atoms with Gasteiger partial charge in [0.15, 0.2) is 11.7 Å². The van der Waals surface area contributed by atoms with Crippen LogP contribution in [0.3, 0.4) is 0 Å². The van der Waals surface area contributed by atoms with Crippen molar-refractivity contribution in [3.8, 4) is 5.75 Å². The van der Waals surface area contributed by atoms with Crippen LogP contribution in [0.1, 0.15) is 43.4 Å². The smallest absolute Gasteiger partial charge is 0.276 e. The molecule has 0 radical (unpaired) electrons. The number of carbonyl (C=O) groups is 1. The normalized spacial score (nSPS) is 10.4. The molecule has 0 saturated heterocycles. The minimum Gasteiger partial charge on any atom is -0.483 e. The Morgan fingerprint density at radius 1 is 1.15 bits per heavy atom. The molecule has 0 aliphatic carbocycles. The molecule has 0 saturated carbocycles. The van der Waals surface area contributed by atoms with Gasteiger partial charge in [-0.05, 0) is 66.4 Å². The first-order valence-corrected chi connectivity index (χ1v) is 9.48. The molecule has 2 aromatic rings. The quantitative estimate of drug-likeness (QED) is 0.517. The number of aryl methyl sites for hydroxylation is 2. The number of carbonyl (C=O) groups excluding carboxylic acids is 1. The second-order valence-electron chi connectivity index (χ2n) is 6.67. The third-order valence-electron chi connectivity index (χ3n) is 4.06. The van der Waals surface area contributed by atoms with Crippen LogP contribution in [-0.2, 0) is 11.2 Å². The van der Waals surface area contributed by atoms with E-state index in [0.717, 1.165) is 29.0 Å². The summed E-state index contributed by atoms with van der Waals surface area (Å²) in [6.45, 7) is 8.18. The number of ether oxygens (including phenoxy) is 1. The van der Waals surface area contributed by atoms with Gasteiger partial charge >= 0.3 is 0 Å². The Bertz CT molecular complexity index is 806. The van der Waals surface area contributed by atoms with Gasteiger partial charge in [0.1, 0.15) is 5.75 Å². The molecule has 3 N–H and O–H groups in total. The highest BCUT2D eigenvalue weighted by Gasteiger charge is 2.10. The van der Waals surface area contributed by atoms with Crippen LogP contribution in [0, 0.1) is 6.92 Å². The van der Waals surface area contributed by atoms with E-state index < -0.39 is 0 Å². The van der Waals surface area contributed by atoms with Gasteiger partial charge in [-0.1, -0.05) is 45.0 Å². The molecule has 0 aliphatic heterocycles. The van der Waals surface area contributed by atoms with E-state index in [1.54, 1.807) is 0 Å². The van der Waals surface area contributed by atoms with Gasteiger partial charge in [-0.3, -0.25) is 15.6 Å². The lowest BCUT2D eigenvalue weighted by Gasteiger charge is -2.15. The van der Waals surface area contributed by atoms with Crippen LogP contribution in [-0.4, -0.2) is 17.6 Å². The topological polar surface area (TPSA) is 62.4 Å². The summed E-state index contributed by atoms with van der Waals surface area (Å²) in [5.74, 6) is 0.743. The summed E-state index contributed by atoms with van der Waals surface area (Å²) in [6, 6.07) is 14.0. The molecule has 2 rings (SSSR count). The number of anilines is 1. The number of hydrazine groups is 1. The number of benzene rings is 2. The number of amides is 1. The van der Waals surface area contributed by atoms with Crippen LogP contribution in [0.5, 0.6) is 5.75 Å². The molecule has 0 fully saturated rings. The van der Waals surface area contributed by atoms with Crippen molar-refractivity contribution in [2.24, 2.45) is 0 Å². The maximum Gasteiger partial charge on any atom is 0.276 e. The first-order chi connectivity index (χ1) is 12.9. The molecular formula is C21H27N3O2S. The predicted molar refractivity (Wildman–Crippen MR) is 114 cm³/mol. The highest BCUT2D eigenvalue weighted by molar-refractivity contribution is 7.80. The zero-order valence-electron chi connectivity index (χ0n) is 16.3. The Hall–Kier alpha value is -2.60. The summed E-state index contributed by atoms with van der Waals surface area (Å²) < 4.78 is 5.71. The molecular weight excluding hydrogens is 358 g/mol. The van der Waals surface area contributed by atoms with Gasteiger partial charge in [0.25, 0.3) is 5.91 Å². The minimum absolute atomic E-state index is 0.0931. The lowest BCUT2D eigenvalue weighted by molar-refractivity contribution is -0.123. The van der Waals surface area contributed by atoms with Gasteiger partial charge in [0, 0.05) is 5.69 Å². The molecule has 0 unspecified atom stereocenters. The van der Waals surface area contributed by atoms with Gasteiger partial charge in [0.2, 0.25) is 0 Å². The fourth-order valence-electron chi connectivity index (χ4n) is 2.58. The summed E-state index contributed by atoms with van der Waals surface area (Å²) in [5.41, 5.74) is 9.49. The molecule has 144 valence electrons. The molecule has 0 bridgehead atoms. The van der Waals surface area contributed by atoms with Crippen molar-refractivity contribution in [3.05, 3.63) is 59.2 Å². The second kappa shape index (κ2) is 9.92. The van der Waals surface area contributed by atoms with Crippen LogP contribution >= 0.6 is 12.2 Å². The van der Waals surface area contributed by atoms with Crippen molar-refractivity contribution in [1.29, 1.82) is 0 Å². The van der Waals surface area contributed by atoms with Crippen molar-refractivity contribution in [2.45, 2.75) is 40.0 Å². The Balaban J connectivity index is 1.82. The number of hydrogen-bond acceptors (Lipinski definition) is 3. The Morgan fingerprint density at radius 2 is 1.93 bits per heavy atom. The maximum atomic E-state index is 12.1. The molecule has 0 aromatic heterocycles. The molecule has 1 amide bonds. The van der Waals surface area contributed by atoms with Gasteiger partial charge in [0.05, 0.1) is 0 Å². The molecule has 0 spiro atoms. The summed E-state index contributed by atoms with van der Waals surface area (Å²) in [7, 11) is 0. The molecule has 27 heavy (non-hydrogen) atoms. The highest BCUT2D eigenvalue weighted by atomic mass is 32.1. The number of hydrogen-bond donors (Lipinski definition) is 3. The summed E-state index contributed by atoms with van der Waals surface area (Å²) >= 11 is 5.21. The first-order valence-electron chi connectivity index (χ1n) is 9.07. The first kappa shape index (κ1) is 20.7. The largest absolute Gasteiger partial charge is 0.483 e. The van der Waals surface area contributed by atoms with E-state index in [-0.39, 0.29) is 12.5 Å². The van der Waals surface area contributed by atoms with Crippen LogP contribution < -0.4 is 20.9 Å². The predicted octanol–water partition coefficient (Wildman–Crippen LogP) is 4.08. The Morgan fingerprint density at radius 3 is 2.63 bits per heavy atom. The van der Waals surface area contributed by atoms with Gasteiger partial charge in [-0.2, -0.15) is 0 Å². The molecule has 2 aromatic carbocycles. The van der Waals surface area contributed by atoms with Crippen molar-refractivity contribution in [1.82, 2.24) is 10.9 Å². The van der Waals surface area contributed by atoms with Crippen LogP contribution in [0.25, 0.3) is 0 Å². The lowest BCUT2D eigenvalue weighted by atomic mass is 10.0. The zero-order valence-corrected chi connectivity index (χ0v) is 17.1. The number of nitrogens with one attached hydrogen (secondary N) is 3. The molecule has 0 atom stereocenters. The van der Waals surface area contributed by atoms with E-state index in [4.69, 9.17) is 17.0 Å². The number of thiocarbonyl (C=S) groups is 1. The molecule has 0 heterocycles. The average molecular weight is 386 g/mol. The summed E-state index contributed by atoms with van der Waals surface area (Å²) in [6.07, 6.45) is 0.946. The third kappa shape index (κ3) is 6.57. The molecule has 0 aliphatic rings. The van der Waals surface area contributed by atoms with E-state index in [2.05, 4.69) is 43.0 Å². The standard InChI is InChI=1S/C21H27N3O2S/c1-5-16-7-6-8-17(12-16)22-21(27)24-23-20(25)13-26-19-11-15(4)9-10-18(19)14(2)3/h6-12,14H,5,13H2,1-4H3,(H,23,25)(H2,22,24,27). The average Bonchev–Trinajstić information content (AvgIpc) is 2.64. The molecule has 5 nitrogen and oxygen atoms in total. The van der Waals surface area contributed by atoms with Gasteiger partial charge in [-0.25, -0.2) is 0 Å². The summed E-state index contributed by atoms with van der Waals surface area (Å²) in [4.78, 5) is 12.1. The van der Waals surface area contributed by atoms with E-state index in [0.29, 0.717) is 11.0 Å². The van der Waals surface area contributed by atoms with E-state index in [1.807, 2.05) is 43.3 Å². The molecule has 6 heteroatoms. The van der Waals surface area contributed by atoms with E-state index in [9.17, 15) is 4.79 Å². The fourth-order valence-corrected chi connectivity index (χ4v) is 2.75. The highest BCUT2D eigenvalue weighted by Crippen LogP contribution is 2.27. The number of rotatable bonds is 6. The Labute approximate surface area is 166 Å². The van der Waals surface area contributed by atoms with Gasteiger partial charge < -0.3 is 10.1 Å². The monoisotopic (exact) mass is 385 g/mol. The van der Waals surface area contributed by atoms with Crippen LogP contribution in [0.15, 0.2) is 42.5 Å². The zero-order chi connectivity index (χ0) is 19.8. The fraction of sp³-hybridized carbons (Fsp3) is 0.333. The van der Waals surface area contributed by atoms with Crippen molar-refractivity contribution in [2.75, 3.05) is 11.9 Å². The van der Waals surface area contributed by atoms with Crippen molar-refractivity contribution < 1.29 is 9.53 Å². The van der Waals surface area contributed by atoms with Crippen LogP contribution in [0.2, 0.25) is 0 Å². The van der Waals surface area contributed by atoms with Crippen molar-refractivity contribution in [3.63, 3.8) is 0 Å². The van der Waals surface area contributed by atoms with E-state index in [1.165, 1.54) is 5.56 Å². The Kier molecular flexibility index (Phi) is 7.61. The maximum absolute atomic E-state index is 12.1. The van der Waals surface area contributed by atoms with Gasteiger partial charge in [-0.15, -0.1) is 0 Å². The van der Waals surface area contributed by atoms with Crippen molar-refractivity contribution >= 4 is 28.9 Å². The SMILES string of the molecule is CCc1cccc(NC(=S)NNC(=O)COc2cc(C)ccc2C(C)C)c1. The minimum atomic E-state index is -0.308. The lowest BCUT2D eigenvalue weighted by Crippen LogP contribution is -2.45. The summed E-state index contributed by atoms with van der Waals surface area (Å²) in [5, 5.41) is 3.36. The second-order valence-corrected chi connectivity index (χ2v) is 7.07. The van der Waals surface area contributed by atoms with Crippen LogP contribution in [0.4, 0.5) is 5.69 Å². The van der Waals surface area contributed by atoms with E-state index >= 15 is 0 Å².